The van der Waals surface area contributed by atoms with Crippen molar-refractivity contribution >= 4 is 33.2 Å². The zero-order chi connectivity index (χ0) is 22.7. The van der Waals surface area contributed by atoms with Crippen molar-refractivity contribution in [1.29, 1.82) is 0 Å². The maximum absolute atomic E-state index is 10.4. The highest BCUT2D eigenvalue weighted by Crippen LogP contribution is 2.48. The number of benzene rings is 1. The smallest absolute Gasteiger partial charge is 0.182 e. The van der Waals surface area contributed by atoms with E-state index in [-0.39, 0.29) is 6.10 Å². The third-order valence-electron chi connectivity index (χ3n) is 6.58. The molecule has 1 N–H and O–H groups in total. The molecule has 0 fully saturated rings. The Morgan fingerprint density at radius 2 is 2.18 bits per heavy atom. The van der Waals surface area contributed by atoms with Crippen LogP contribution in [0.2, 0.25) is 5.02 Å². The molecular formula is C25H24ClN3O3S. The van der Waals surface area contributed by atoms with Crippen molar-refractivity contribution in [2.75, 3.05) is 13.6 Å². The molecule has 1 aromatic carbocycles. The van der Waals surface area contributed by atoms with Crippen LogP contribution in [0.3, 0.4) is 0 Å². The number of aromatic nitrogens is 2. The minimum atomic E-state index is -0.487. The number of thiophene rings is 1. The fourth-order valence-electron chi connectivity index (χ4n) is 4.83. The molecule has 6 nitrogen and oxygen atoms in total. The van der Waals surface area contributed by atoms with Gasteiger partial charge in [-0.15, -0.1) is 11.3 Å². The van der Waals surface area contributed by atoms with Crippen LogP contribution in [0.5, 0.6) is 5.75 Å². The van der Waals surface area contributed by atoms with Gasteiger partial charge in [-0.05, 0) is 37.7 Å². The van der Waals surface area contributed by atoms with E-state index in [2.05, 4.69) is 22.1 Å². The number of ether oxygens (including phenoxy) is 1. The van der Waals surface area contributed by atoms with Gasteiger partial charge < -0.3 is 19.3 Å². The number of hydrogen-bond acceptors (Lipinski definition) is 7. The number of pyridine rings is 1. The molecule has 0 radical (unpaired) electrons. The number of halogens is 1. The first-order valence-electron chi connectivity index (χ1n) is 11.2. The topological polar surface area (TPSA) is 71.6 Å². The van der Waals surface area contributed by atoms with Gasteiger partial charge in [-0.2, -0.15) is 0 Å². The summed E-state index contributed by atoms with van der Waals surface area (Å²) in [6.45, 7) is 3.78. The van der Waals surface area contributed by atoms with Gasteiger partial charge in [-0.3, -0.25) is 4.98 Å². The van der Waals surface area contributed by atoms with Gasteiger partial charge in [-0.1, -0.05) is 23.7 Å². The lowest BCUT2D eigenvalue weighted by Gasteiger charge is -2.22. The normalized spacial score (nSPS) is 18.8. The molecule has 0 saturated carbocycles. The molecule has 0 amide bonds. The number of rotatable bonds is 4. The molecule has 3 aromatic heterocycles. The molecule has 0 bridgehead atoms. The van der Waals surface area contributed by atoms with Crippen LogP contribution in [0.4, 0.5) is 0 Å². The summed E-state index contributed by atoms with van der Waals surface area (Å²) >= 11 is 8.14. The van der Waals surface area contributed by atoms with E-state index in [4.69, 9.17) is 20.9 Å². The van der Waals surface area contributed by atoms with Gasteiger partial charge in [0.05, 0.1) is 22.0 Å². The highest BCUT2D eigenvalue weighted by Gasteiger charge is 2.35. The quantitative estimate of drug-likeness (QED) is 0.402. The summed E-state index contributed by atoms with van der Waals surface area (Å²) in [5.74, 6) is 1.65. The van der Waals surface area contributed by atoms with E-state index in [9.17, 15) is 5.11 Å². The van der Waals surface area contributed by atoms with Gasteiger partial charge in [0.25, 0.3) is 0 Å². The largest absolute Gasteiger partial charge is 0.481 e. The Morgan fingerprint density at radius 3 is 3.03 bits per heavy atom. The van der Waals surface area contributed by atoms with E-state index < -0.39 is 6.10 Å². The Balaban J connectivity index is 1.43. The first-order valence-corrected chi connectivity index (χ1v) is 12.4. The highest BCUT2D eigenvalue weighted by molar-refractivity contribution is 7.19. The minimum Gasteiger partial charge on any atom is -0.481 e. The molecule has 170 valence electrons. The van der Waals surface area contributed by atoms with Crippen molar-refractivity contribution in [3.63, 3.8) is 0 Å². The van der Waals surface area contributed by atoms with Crippen molar-refractivity contribution in [1.82, 2.24) is 15.0 Å². The number of aliphatic hydroxyl groups is 1. The standard InChI is InChI=1S/C25H24ClN3O3S/c1-3-20(30)22-11-19-25(33-22)15(4-6-27-19)16-10-14(26)8-13-9-21(31-23(13)16)24-17-12-29(2)7-5-18(17)28-32-24/h4,6,8,10-11,20-21,30H,3,5,7,9,12H2,1-2H3. The van der Waals surface area contributed by atoms with Crippen LogP contribution in [-0.4, -0.2) is 33.7 Å². The zero-order valence-corrected chi connectivity index (χ0v) is 20.0. The predicted molar refractivity (Wildman–Crippen MR) is 129 cm³/mol. The van der Waals surface area contributed by atoms with Crippen molar-refractivity contribution in [3.05, 3.63) is 62.9 Å². The molecule has 5 heterocycles. The first-order chi connectivity index (χ1) is 16.0. The molecule has 2 unspecified atom stereocenters. The molecule has 2 aliphatic heterocycles. The van der Waals surface area contributed by atoms with E-state index in [1.165, 1.54) is 0 Å². The van der Waals surface area contributed by atoms with Gasteiger partial charge >= 0.3 is 0 Å². The van der Waals surface area contributed by atoms with Crippen LogP contribution in [0, 0.1) is 0 Å². The molecule has 2 atom stereocenters. The molecular weight excluding hydrogens is 458 g/mol. The van der Waals surface area contributed by atoms with Gasteiger partial charge in [0.1, 0.15) is 5.75 Å². The Labute approximate surface area is 200 Å². The van der Waals surface area contributed by atoms with Crippen molar-refractivity contribution in [3.8, 4) is 16.9 Å². The van der Waals surface area contributed by atoms with Gasteiger partial charge in [-0.25, -0.2) is 0 Å². The Morgan fingerprint density at radius 1 is 1.30 bits per heavy atom. The summed E-state index contributed by atoms with van der Waals surface area (Å²) in [5.41, 5.74) is 6.08. The van der Waals surface area contributed by atoms with Gasteiger partial charge in [0.15, 0.2) is 11.9 Å². The van der Waals surface area contributed by atoms with E-state index in [1.807, 2.05) is 31.2 Å². The summed E-state index contributed by atoms with van der Waals surface area (Å²) in [6.07, 6.45) is 3.33. The Hall–Kier alpha value is -2.45. The summed E-state index contributed by atoms with van der Waals surface area (Å²) in [7, 11) is 2.11. The van der Waals surface area contributed by atoms with Crippen LogP contribution in [0.25, 0.3) is 21.3 Å². The molecule has 0 spiro atoms. The van der Waals surface area contributed by atoms with Crippen molar-refractivity contribution in [2.45, 2.75) is 44.9 Å². The minimum absolute atomic E-state index is 0.224. The predicted octanol–water partition coefficient (Wildman–Crippen LogP) is 5.71. The summed E-state index contributed by atoms with van der Waals surface area (Å²) < 4.78 is 13.4. The average Bonchev–Trinajstić information content (AvgIpc) is 3.53. The number of hydrogen-bond donors (Lipinski definition) is 1. The average molecular weight is 482 g/mol. The first kappa shape index (κ1) is 21.1. The Kier molecular flexibility index (Phi) is 5.18. The van der Waals surface area contributed by atoms with Crippen LogP contribution >= 0.6 is 22.9 Å². The number of likely N-dealkylation sites (N-methyl/N-ethyl adjacent to an activating group) is 1. The lowest BCUT2D eigenvalue weighted by atomic mass is 9.99. The second kappa shape index (κ2) is 8.09. The molecule has 8 heteroatoms. The van der Waals surface area contributed by atoms with Crippen LogP contribution < -0.4 is 4.74 Å². The highest BCUT2D eigenvalue weighted by atomic mass is 35.5. The molecule has 0 saturated heterocycles. The third-order valence-corrected chi connectivity index (χ3v) is 8.06. The lowest BCUT2D eigenvalue weighted by Crippen LogP contribution is -2.27. The maximum Gasteiger partial charge on any atom is 0.182 e. The molecule has 0 aliphatic carbocycles. The second-order valence-electron chi connectivity index (χ2n) is 8.86. The summed E-state index contributed by atoms with van der Waals surface area (Å²) in [5, 5.41) is 15.4. The van der Waals surface area contributed by atoms with E-state index >= 15 is 0 Å². The fraction of sp³-hybridized carbons (Fsp3) is 0.360. The van der Waals surface area contributed by atoms with Crippen LogP contribution in [0.15, 0.2) is 35.0 Å². The third kappa shape index (κ3) is 3.54. The number of nitrogens with zero attached hydrogens (tertiary/aromatic N) is 3. The molecule has 2 aliphatic rings. The molecule has 6 rings (SSSR count). The monoisotopic (exact) mass is 481 g/mol. The van der Waals surface area contributed by atoms with Crippen LogP contribution in [-0.2, 0) is 19.4 Å². The van der Waals surface area contributed by atoms with Gasteiger partial charge in [0, 0.05) is 64.3 Å². The van der Waals surface area contributed by atoms with Crippen LogP contribution in [0.1, 0.15) is 53.0 Å². The van der Waals surface area contributed by atoms with Crippen molar-refractivity contribution in [2.24, 2.45) is 0 Å². The van der Waals surface area contributed by atoms with Gasteiger partial charge in [0.2, 0.25) is 0 Å². The summed E-state index contributed by atoms with van der Waals surface area (Å²) in [6, 6.07) is 7.91. The fourth-order valence-corrected chi connectivity index (χ4v) is 6.28. The zero-order valence-electron chi connectivity index (χ0n) is 18.5. The van der Waals surface area contributed by atoms with E-state index in [1.54, 1.807) is 17.5 Å². The van der Waals surface area contributed by atoms with Crippen molar-refractivity contribution < 1.29 is 14.4 Å². The number of aliphatic hydroxyl groups excluding tert-OH is 1. The summed E-state index contributed by atoms with van der Waals surface area (Å²) in [4.78, 5) is 7.73. The molecule has 33 heavy (non-hydrogen) atoms. The van der Waals surface area contributed by atoms with E-state index in [0.717, 1.165) is 74.1 Å². The lowest BCUT2D eigenvalue weighted by molar-refractivity contribution is 0.177. The Bertz CT molecular complexity index is 1360. The van der Waals surface area contributed by atoms with E-state index in [0.29, 0.717) is 17.9 Å². The maximum atomic E-state index is 10.4. The SMILES string of the molecule is CCC(O)c1cc2nccc(-c3cc(Cl)cc4c3OC(c3onc5c3CN(C)CC5)C4)c2s1. The second-order valence-corrected chi connectivity index (χ2v) is 10.4. The molecule has 4 aromatic rings. The number of fused-ring (bicyclic) bond motifs is 3.